The first kappa shape index (κ1) is 17.2. The first-order valence-electron chi connectivity index (χ1n) is 6.58. The Kier molecular flexibility index (Phi) is 4.98. The van der Waals surface area contributed by atoms with Gasteiger partial charge in [0.05, 0.1) is 10.5 Å². The van der Waals surface area contributed by atoms with Crippen molar-refractivity contribution in [2.24, 2.45) is 0 Å². The normalized spacial score (nSPS) is 11.5. The smallest absolute Gasteiger partial charge is 0.419 e. The van der Waals surface area contributed by atoms with Crippen LogP contribution in [0.4, 0.5) is 18.9 Å². The van der Waals surface area contributed by atoms with Crippen LogP contribution in [-0.4, -0.2) is 10.9 Å². The summed E-state index contributed by atoms with van der Waals surface area (Å²) in [5.74, 6) is -1.59. The fourth-order valence-corrected chi connectivity index (χ4v) is 1.80. The van der Waals surface area contributed by atoms with Crippen LogP contribution < -0.4 is 4.74 Å². The van der Waals surface area contributed by atoms with Crippen molar-refractivity contribution >= 4 is 17.7 Å². The number of nitro benzene ring substituents is 1. The molecule has 0 radical (unpaired) electrons. The lowest BCUT2D eigenvalue weighted by atomic mass is 10.2. The van der Waals surface area contributed by atoms with E-state index in [1.165, 1.54) is 42.5 Å². The van der Waals surface area contributed by atoms with Gasteiger partial charge in [-0.3, -0.25) is 10.1 Å². The number of hydrogen-bond donors (Lipinski definition) is 0. The van der Waals surface area contributed by atoms with Crippen molar-refractivity contribution in [2.45, 2.75) is 6.18 Å². The van der Waals surface area contributed by atoms with Gasteiger partial charge in [-0.05, 0) is 35.9 Å². The van der Waals surface area contributed by atoms with E-state index in [1.807, 2.05) is 0 Å². The number of para-hydroxylation sites is 1. The molecule has 24 heavy (non-hydrogen) atoms. The molecular weight excluding hydrogens is 327 g/mol. The number of non-ortho nitro benzene ring substituents is 1. The van der Waals surface area contributed by atoms with Crippen LogP contribution in [0.5, 0.6) is 5.75 Å². The molecule has 0 heterocycles. The average Bonchev–Trinajstić information content (AvgIpc) is 2.53. The number of nitro groups is 1. The molecule has 0 aliphatic heterocycles. The minimum atomic E-state index is -4.64. The number of benzene rings is 2. The number of carbonyl (C=O) groups is 1. The highest BCUT2D eigenvalue weighted by Crippen LogP contribution is 2.35. The topological polar surface area (TPSA) is 69.4 Å². The molecule has 2 rings (SSSR count). The van der Waals surface area contributed by atoms with Crippen LogP contribution in [0.2, 0.25) is 0 Å². The second-order valence-corrected chi connectivity index (χ2v) is 4.60. The van der Waals surface area contributed by atoms with Crippen molar-refractivity contribution in [3.05, 3.63) is 75.8 Å². The zero-order chi connectivity index (χ0) is 17.7. The minimum absolute atomic E-state index is 0.117. The van der Waals surface area contributed by atoms with Crippen LogP contribution in [0.25, 0.3) is 6.08 Å². The average molecular weight is 337 g/mol. The number of carbonyl (C=O) groups excluding carboxylic acids is 1. The molecule has 2 aromatic carbocycles. The molecule has 0 saturated carbocycles. The summed E-state index contributed by atoms with van der Waals surface area (Å²) in [5.41, 5.74) is -0.711. The maximum atomic E-state index is 12.8. The van der Waals surface area contributed by atoms with Crippen molar-refractivity contribution < 1.29 is 27.6 Å². The van der Waals surface area contributed by atoms with Crippen LogP contribution >= 0.6 is 0 Å². The van der Waals surface area contributed by atoms with Gasteiger partial charge in [0.2, 0.25) is 0 Å². The number of halogens is 3. The van der Waals surface area contributed by atoms with Crippen molar-refractivity contribution in [2.75, 3.05) is 0 Å². The van der Waals surface area contributed by atoms with Crippen molar-refractivity contribution in [1.29, 1.82) is 0 Å². The number of nitrogens with zero attached hydrogens (tertiary/aromatic N) is 1. The zero-order valence-electron chi connectivity index (χ0n) is 12.0. The van der Waals surface area contributed by atoms with Gasteiger partial charge in [-0.1, -0.05) is 12.1 Å². The summed E-state index contributed by atoms with van der Waals surface area (Å²) in [7, 11) is 0. The maximum Gasteiger partial charge on any atom is 0.419 e. The van der Waals surface area contributed by atoms with E-state index in [2.05, 4.69) is 0 Å². The van der Waals surface area contributed by atoms with E-state index in [9.17, 15) is 28.1 Å². The Labute approximate surface area is 134 Å². The highest BCUT2D eigenvalue weighted by atomic mass is 19.4. The molecule has 0 amide bonds. The molecule has 0 atom stereocenters. The first-order chi connectivity index (χ1) is 11.3. The fourth-order valence-electron chi connectivity index (χ4n) is 1.80. The molecule has 8 heteroatoms. The van der Waals surface area contributed by atoms with Crippen molar-refractivity contribution in [1.82, 2.24) is 0 Å². The minimum Gasteiger partial charge on any atom is -0.423 e. The SMILES string of the molecule is O=C(C=Cc1ccc([N+](=O)[O-])cc1)Oc1ccccc1C(F)(F)F. The van der Waals surface area contributed by atoms with Crippen LogP contribution in [-0.2, 0) is 11.0 Å². The Morgan fingerprint density at radius 1 is 1.08 bits per heavy atom. The Balaban J connectivity index is 2.10. The van der Waals surface area contributed by atoms with Gasteiger partial charge in [0.15, 0.2) is 0 Å². The lowest BCUT2D eigenvalue weighted by Crippen LogP contribution is -2.11. The summed E-state index contributed by atoms with van der Waals surface area (Å²) in [6.45, 7) is 0. The van der Waals surface area contributed by atoms with E-state index in [0.717, 1.165) is 18.2 Å². The van der Waals surface area contributed by atoms with Gasteiger partial charge in [-0.25, -0.2) is 4.79 Å². The highest BCUT2D eigenvalue weighted by Gasteiger charge is 2.34. The van der Waals surface area contributed by atoms with E-state index in [-0.39, 0.29) is 5.69 Å². The van der Waals surface area contributed by atoms with E-state index in [1.54, 1.807) is 0 Å². The third-order valence-electron chi connectivity index (χ3n) is 2.92. The summed E-state index contributed by atoms with van der Waals surface area (Å²) < 4.78 is 43.1. The molecule has 0 unspecified atom stereocenters. The molecule has 0 aliphatic carbocycles. The zero-order valence-corrected chi connectivity index (χ0v) is 12.0. The van der Waals surface area contributed by atoms with Crippen molar-refractivity contribution in [3.8, 4) is 5.75 Å². The Bertz CT molecular complexity index is 783. The van der Waals surface area contributed by atoms with Crippen LogP contribution in [0, 0.1) is 10.1 Å². The van der Waals surface area contributed by atoms with Gasteiger partial charge < -0.3 is 4.74 Å². The molecule has 0 bridgehead atoms. The lowest BCUT2D eigenvalue weighted by molar-refractivity contribution is -0.384. The van der Waals surface area contributed by atoms with Crippen LogP contribution in [0.3, 0.4) is 0 Å². The molecule has 2 aromatic rings. The summed E-state index contributed by atoms with van der Waals surface area (Å²) in [5, 5.41) is 10.5. The molecule has 124 valence electrons. The number of rotatable bonds is 4. The van der Waals surface area contributed by atoms with Crippen LogP contribution in [0.15, 0.2) is 54.6 Å². The van der Waals surface area contributed by atoms with Gasteiger partial charge in [0.25, 0.3) is 5.69 Å². The lowest BCUT2D eigenvalue weighted by Gasteiger charge is -2.11. The number of alkyl halides is 3. The van der Waals surface area contributed by atoms with Gasteiger partial charge in [-0.15, -0.1) is 0 Å². The standard InChI is InChI=1S/C16H10F3NO4/c17-16(18,19)13-3-1-2-4-14(13)24-15(21)10-7-11-5-8-12(9-6-11)20(22)23/h1-10H. The third-order valence-corrected chi connectivity index (χ3v) is 2.92. The number of hydrogen-bond acceptors (Lipinski definition) is 4. The molecule has 5 nitrogen and oxygen atoms in total. The Morgan fingerprint density at radius 2 is 1.71 bits per heavy atom. The van der Waals surface area contributed by atoms with Gasteiger partial charge >= 0.3 is 12.1 Å². The second-order valence-electron chi connectivity index (χ2n) is 4.60. The first-order valence-corrected chi connectivity index (χ1v) is 6.58. The molecule has 0 spiro atoms. The maximum absolute atomic E-state index is 12.8. The second kappa shape index (κ2) is 6.95. The molecule has 0 aliphatic rings. The van der Waals surface area contributed by atoms with E-state index in [0.29, 0.717) is 5.56 Å². The largest absolute Gasteiger partial charge is 0.423 e. The molecule has 0 fully saturated rings. The summed E-state index contributed by atoms with van der Waals surface area (Å²) in [4.78, 5) is 21.6. The Morgan fingerprint density at radius 3 is 2.29 bits per heavy atom. The van der Waals surface area contributed by atoms with Gasteiger partial charge in [-0.2, -0.15) is 13.2 Å². The number of esters is 1. The molecule has 0 aromatic heterocycles. The van der Waals surface area contributed by atoms with E-state index < -0.39 is 28.4 Å². The predicted octanol–water partition coefficient (Wildman–Crippen LogP) is 4.23. The molecule has 0 saturated heterocycles. The summed E-state index contributed by atoms with van der Waals surface area (Å²) >= 11 is 0. The quantitative estimate of drug-likeness (QED) is 0.275. The monoisotopic (exact) mass is 337 g/mol. The van der Waals surface area contributed by atoms with Gasteiger partial charge in [0.1, 0.15) is 5.75 Å². The van der Waals surface area contributed by atoms with Gasteiger partial charge in [0, 0.05) is 18.2 Å². The summed E-state index contributed by atoms with van der Waals surface area (Å²) in [6.07, 6.45) is -2.42. The molecular formula is C16H10F3NO4. The fraction of sp³-hybridized carbons (Fsp3) is 0.0625. The number of ether oxygens (including phenoxy) is 1. The van der Waals surface area contributed by atoms with Crippen LogP contribution in [0.1, 0.15) is 11.1 Å². The summed E-state index contributed by atoms with van der Waals surface area (Å²) in [6, 6.07) is 9.62. The van der Waals surface area contributed by atoms with Crippen molar-refractivity contribution in [3.63, 3.8) is 0 Å². The van der Waals surface area contributed by atoms with E-state index >= 15 is 0 Å². The van der Waals surface area contributed by atoms with E-state index in [4.69, 9.17) is 4.74 Å². The Hall–Kier alpha value is -3.16. The highest BCUT2D eigenvalue weighted by molar-refractivity contribution is 5.88. The third kappa shape index (κ3) is 4.42. The predicted molar refractivity (Wildman–Crippen MR) is 79.2 cm³/mol. The molecule has 0 N–H and O–H groups in total.